The number of ether oxygens (including phenoxy) is 2. The van der Waals surface area contributed by atoms with Gasteiger partial charge < -0.3 is 19.2 Å². The summed E-state index contributed by atoms with van der Waals surface area (Å²) in [5, 5.41) is 4.96. The third-order valence-corrected chi connectivity index (χ3v) is 4.76. The van der Waals surface area contributed by atoms with E-state index in [0.717, 1.165) is 36.4 Å². The summed E-state index contributed by atoms with van der Waals surface area (Å²) in [7, 11) is 3.24. The second kappa shape index (κ2) is 9.27. The van der Waals surface area contributed by atoms with E-state index in [-0.39, 0.29) is 25.0 Å². The molecule has 1 saturated heterocycles. The Balaban J connectivity index is 1.58. The predicted molar refractivity (Wildman–Crippen MR) is 102 cm³/mol. The van der Waals surface area contributed by atoms with Crippen molar-refractivity contribution < 1.29 is 23.5 Å². The summed E-state index contributed by atoms with van der Waals surface area (Å²) in [6.45, 7) is 1.12. The first-order chi connectivity index (χ1) is 13.6. The number of nitrogens with zero attached hydrogens (tertiary/aromatic N) is 1. The quantitative estimate of drug-likeness (QED) is 0.758. The van der Waals surface area contributed by atoms with Gasteiger partial charge in [-0.25, -0.2) is 4.79 Å². The smallest absolute Gasteiger partial charge is 0.321 e. The Hall–Kier alpha value is -3.00. The molecule has 28 heavy (non-hydrogen) atoms. The van der Waals surface area contributed by atoms with Crippen molar-refractivity contribution in [3.8, 4) is 11.5 Å². The van der Waals surface area contributed by atoms with Crippen LogP contribution in [-0.2, 0) is 11.3 Å². The van der Waals surface area contributed by atoms with Gasteiger partial charge in [-0.1, -0.05) is 0 Å². The maximum atomic E-state index is 12.3. The van der Waals surface area contributed by atoms with Gasteiger partial charge in [0.1, 0.15) is 17.3 Å². The normalized spacial score (nSPS) is 16.6. The van der Waals surface area contributed by atoms with Crippen LogP contribution in [0.3, 0.4) is 0 Å². The van der Waals surface area contributed by atoms with Crippen LogP contribution < -0.4 is 20.1 Å². The lowest BCUT2D eigenvalue weighted by Crippen LogP contribution is -2.44. The number of carbonyl (C=O) groups excluding carboxylic acids is 2. The maximum absolute atomic E-state index is 12.3. The fraction of sp³-hybridized carbons (Fsp3) is 0.400. The second-order valence-corrected chi connectivity index (χ2v) is 6.55. The highest BCUT2D eigenvalue weighted by atomic mass is 16.5. The zero-order valence-electron chi connectivity index (χ0n) is 16.1. The molecule has 1 aromatic heterocycles. The number of amides is 3. The van der Waals surface area contributed by atoms with E-state index in [4.69, 9.17) is 13.9 Å². The molecular weight excluding hydrogens is 362 g/mol. The molecule has 8 nitrogen and oxygen atoms in total. The lowest BCUT2D eigenvalue weighted by Gasteiger charge is -2.25. The number of hydrogen-bond donors (Lipinski definition) is 2. The minimum absolute atomic E-state index is 0.0296. The first kappa shape index (κ1) is 19.8. The predicted octanol–water partition coefficient (Wildman–Crippen LogP) is 2.46. The highest BCUT2D eigenvalue weighted by Gasteiger charge is 2.30. The van der Waals surface area contributed by atoms with Gasteiger partial charge in [0.25, 0.3) is 0 Å². The van der Waals surface area contributed by atoms with E-state index in [9.17, 15) is 9.59 Å². The summed E-state index contributed by atoms with van der Waals surface area (Å²) >= 11 is 0. The molecule has 3 amide bonds. The highest BCUT2D eigenvalue weighted by Crippen LogP contribution is 2.38. The van der Waals surface area contributed by atoms with Gasteiger partial charge in [0, 0.05) is 11.6 Å². The molecule has 3 rings (SSSR count). The molecule has 2 heterocycles. The standard InChI is InChI=1S/C20H25N3O5/c1-26-14-7-8-18(27-2)16(11-14)17-6-3-9-23(17)13-19(24)22-20(25)21-12-15-5-4-10-28-15/h4-5,7-8,10-11,17H,3,6,9,12-13H2,1-2H3,(H2,21,22,24,25)/t17-/m0/s1. The van der Waals surface area contributed by atoms with Crippen LogP contribution in [0.2, 0.25) is 0 Å². The van der Waals surface area contributed by atoms with Crippen LogP contribution in [0.5, 0.6) is 11.5 Å². The molecule has 1 atom stereocenters. The molecule has 1 fully saturated rings. The van der Waals surface area contributed by atoms with Gasteiger partial charge in [0.2, 0.25) is 5.91 Å². The number of likely N-dealkylation sites (tertiary alicyclic amines) is 1. The molecule has 0 unspecified atom stereocenters. The van der Waals surface area contributed by atoms with E-state index in [1.54, 1.807) is 26.4 Å². The number of benzene rings is 1. The van der Waals surface area contributed by atoms with Crippen molar-refractivity contribution in [2.24, 2.45) is 0 Å². The number of urea groups is 1. The van der Waals surface area contributed by atoms with E-state index in [1.165, 1.54) is 6.26 Å². The van der Waals surface area contributed by atoms with Crippen molar-refractivity contribution in [3.63, 3.8) is 0 Å². The van der Waals surface area contributed by atoms with E-state index >= 15 is 0 Å². The number of imide groups is 1. The number of methoxy groups -OCH3 is 2. The molecule has 1 aliphatic heterocycles. The van der Waals surface area contributed by atoms with E-state index in [1.807, 2.05) is 23.1 Å². The Morgan fingerprint density at radius 1 is 1.25 bits per heavy atom. The summed E-state index contributed by atoms with van der Waals surface area (Å²) in [5.41, 5.74) is 0.981. The van der Waals surface area contributed by atoms with Gasteiger partial charge >= 0.3 is 6.03 Å². The van der Waals surface area contributed by atoms with Crippen LogP contribution in [0.4, 0.5) is 4.79 Å². The minimum atomic E-state index is -0.545. The average molecular weight is 387 g/mol. The first-order valence-corrected chi connectivity index (χ1v) is 9.16. The summed E-state index contributed by atoms with van der Waals surface area (Å²) in [6, 6.07) is 8.62. The number of hydrogen-bond acceptors (Lipinski definition) is 6. The molecule has 150 valence electrons. The Morgan fingerprint density at radius 3 is 2.82 bits per heavy atom. The zero-order valence-corrected chi connectivity index (χ0v) is 16.1. The summed E-state index contributed by atoms with van der Waals surface area (Å²) in [5.74, 6) is 1.76. The third kappa shape index (κ3) is 4.83. The van der Waals surface area contributed by atoms with Crippen LogP contribution >= 0.6 is 0 Å². The fourth-order valence-corrected chi connectivity index (χ4v) is 3.44. The van der Waals surface area contributed by atoms with Crippen molar-refractivity contribution in [3.05, 3.63) is 47.9 Å². The molecule has 0 spiro atoms. The van der Waals surface area contributed by atoms with Crippen LogP contribution in [0, 0.1) is 0 Å². The second-order valence-electron chi connectivity index (χ2n) is 6.55. The van der Waals surface area contributed by atoms with Gasteiger partial charge in [-0.05, 0) is 49.7 Å². The Kier molecular flexibility index (Phi) is 6.54. The summed E-state index contributed by atoms with van der Waals surface area (Å²) in [4.78, 5) is 26.3. The topological polar surface area (TPSA) is 93.0 Å². The fourth-order valence-electron chi connectivity index (χ4n) is 3.44. The molecule has 8 heteroatoms. The van der Waals surface area contributed by atoms with Crippen molar-refractivity contribution in [2.75, 3.05) is 27.3 Å². The highest BCUT2D eigenvalue weighted by molar-refractivity contribution is 5.95. The molecular formula is C20H25N3O5. The molecule has 2 N–H and O–H groups in total. The van der Waals surface area contributed by atoms with E-state index in [0.29, 0.717) is 5.76 Å². The maximum Gasteiger partial charge on any atom is 0.321 e. The monoisotopic (exact) mass is 387 g/mol. The molecule has 0 aliphatic carbocycles. The third-order valence-electron chi connectivity index (χ3n) is 4.76. The van der Waals surface area contributed by atoms with E-state index in [2.05, 4.69) is 10.6 Å². The van der Waals surface area contributed by atoms with E-state index < -0.39 is 6.03 Å². The Bertz CT molecular complexity index is 806. The van der Waals surface area contributed by atoms with Gasteiger partial charge in [0.15, 0.2) is 0 Å². The van der Waals surface area contributed by atoms with Gasteiger partial charge in [-0.2, -0.15) is 0 Å². The minimum Gasteiger partial charge on any atom is -0.497 e. The molecule has 0 radical (unpaired) electrons. The first-order valence-electron chi connectivity index (χ1n) is 9.16. The van der Waals surface area contributed by atoms with Crippen LogP contribution in [0.15, 0.2) is 41.0 Å². The SMILES string of the molecule is COc1ccc(OC)c([C@@H]2CCCN2CC(=O)NC(=O)NCc2ccco2)c1. The van der Waals surface area contributed by atoms with Gasteiger partial charge in [-0.3, -0.25) is 15.0 Å². The molecule has 1 aromatic carbocycles. The molecule has 2 aromatic rings. The average Bonchev–Trinajstić information content (AvgIpc) is 3.37. The summed E-state index contributed by atoms with van der Waals surface area (Å²) < 4.78 is 16.0. The largest absolute Gasteiger partial charge is 0.497 e. The lowest BCUT2D eigenvalue weighted by atomic mass is 10.0. The summed E-state index contributed by atoms with van der Waals surface area (Å²) in [6.07, 6.45) is 3.39. The number of rotatable bonds is 7. The van der Waals surface area contributed by atoms with Crippen LogP contribution in [0.25, 0.3) is 0 Å². The Morgan fingerprint density at radius 2 is 2.11 bits per heavy atom. The number of furan rings is 1. The van der Waals surface area contributed by atoms with Crippen molar-refractivity contribution >= 4 is 11.9 Å². The zero-order chi connectivity index (χ0) is 19.9. The molecule has 1 aliphatic rings. The van der Waals surface area contributed by atoms with Crippen LogP contribution in [-0.4, -0.2) is 44.1 Å². The van der Waals surface area contributed by atoms with Crippen molar-refractivity contribution in [1.82, 2.24) is 15.5 Å². The molecule has 0 bridgehead atoms. The van der Waals surface area contributed by atoms with Crippen molar-refractivity contribution in [2.45, 2.75) is 25.4 Å². The Labute approximate surface area is 163 Å². The number of carbonyl (C=O) groups is 2. The van der Waals surface area contributed by atoms with Crippen molar-refractivity contribution in [1.29, 1.82) is 0 Å². The van der Waals surface area contributed by atoms with Gasteiger partial charge in [-0.15, -0.1) is 0 Å². The molecule has 0 saturated carbocycles. The lowest BCUT2D eigenvalue weighted by molar-refractivity contribution is -0.121. The number of nitrogens with one attached hydrogen (secondary N) is 2. The van der Waals surface area contributed by atoms with Gasteiger partial charge in [0.05, 0.1) is 33.6 Å². The van der Waals surface area contributed by atoms with Crippen LogP contribution in [0.1, 0.15) is 30.2 Å².